The fraction of sp³-hybridized carbons (Fsp3) is 0.310. The largest absolute Gasteiger partial charge is 0.350 e. The first-order valence-corrected chi connectivity index (χ1v) is 12.3. The molecule has 0 bridgehead atoms. The Morgan fingerprint density at radius 2 is 1.63 bits per heavy atom. The van der Waals surface area contributed by atoms with Gasteiger partial charge in [-0.3, -0.25) is 0 Å². The zero-order valence-corrected chi connectivity index (χ0v) is 19.6. The molecule has 178 valence electrons. The molecule has 2 aliphatic rings. The third-order valence-corrected chi connectivity index (χ3v) is 7.48. The minimum atomic E-state index is -2.71. The van der Waals surface area contributed by atoms with Gasteiger partial charge in [-0.1, -0.05) is 54.6 Å². The van der Waals surface area contributed by atoms with Crippen molar-refractivity contribution in [2.75, 3.05) is 18.0 Å². The summed E-state index contributed by atoms with van der Waals surface area (Å²) < 4.78 is 28.4. The normalized spacial score (nSPS) is 18.9. The van der Waals surface area contributed by atoms with Gasteiger partial charge in [-0.25, -0.2) is 18.7 Å². The van der Waals surface area contributed by atoms with Crippen LogP contribution in [0.1, 0.15) is 37.7 Å². The number of hydrogen-bond donors (Lipinski definition) is 1. The van der Waals surface area contributed by atoms with Gasteiger partial charge in [0.05, 0.1) is 17.8 Å². The minimum Gasteiger partial charge on any atom is -0.350 e. The molecule has 3 heterocycles. The van der Waals surface area contributed by atoms with Crippen LogP contribution in [0.25, 0.3) is 33.3 Å². The monoisotopic (exact) mass is 470 g/mol. The number of alkyl halides is 2. The molecule has 6 heteroatoms. The summed E-state index contributed by atoms with van der Waals surface area (Å²) in [6.45, 7) is 0.246. The SMILES string of the molecule is NC1(c2ccc(-c3nc4ccnc(N5CCCC(F)(F)C5)c4cc3-c3ccccc3)cc2)CCC1. The fourth-order valence-corrected chi connectivity index (χ4v) is 5.34. The van der Waals surface area contributed by atoms with Crippen LogP contribution in [0.5, 0.6) is 0 Å². The van der Waals surface area contributed by atoms with Crippen molar-refractivity contribution in [2.45, 2.75) is 43.6 Å². The molecule has 2 fully saturated rings. The Hall–Kier alpha value is -3.38. The summed E-state index contributed by atoms with van der Waals surface area (Å²) in [4.78, 5) is 11.3. The van der Waals surface area contributed by atoms with E-state index in [1.807, 2.05) is 24.3 Å². The molecule has 0 unspecified atom stereocenters. The molecule has 1 saturated carbocycles. The van der Waals surface area contributed by atoms with E-state index in [0.29, 0.717) is 18.8 Å². The number of aromatic nitrogens is 2. The van der Waals surface area contributed by atoms with Gasteiger partial charge in [-0.15, -0.1) is 0 Å². The van der Waals surface area contributed by atoms with Crippen molar-refractivity contribution in [3.63, 3.8) is 0 Å². The summed E-state index contributed by atoms with van der Waals surface area (Å²) >= 11 is 0. The number of nitrogens with zero attached hydrogens (tertiary/aromatic N) is 3. The highest BCUT2D eigenvalue weighted by Crippen LogP contribution is 2.41. The van der Waals surface area contributed by atoms with Crippen LogP contribution < -0.4 is 10.6 Å². The molecule has 2 N–H and O–H groups in total. The first-order chi connectivity index (χ1) is 16.9. The molecule has 4 nitrogen and oxygen atoms in total. The average Bonchev–Trinajstić information content (AvgIpc) is 2.86. The van der Waals surface area contributed by atoms with E-state index in [2.05, 4.69) is 47.4 Å². The number of hydrogen-bond acceptors (Lipinski definition) is 4. The maximum Gasteiger partial charge on any atom is 0.265 e. The van der Waals surface area contributed by atoms with Crippen LogP contribution in [0.4, 0.5) is 14.6 Å². The lowest BCUT2D eigenvalue weighted by atomic mass is 9.72. The molecule has 35 heavy (non-hydrogen) atoms. The van der Waals surface area contributed by atoms with Gasteiger partial charge in [0, 0.05) is 41.2 Å². The second-order valence-electron chi connectivity index (χ2n) is 9.92. The van der Waals surface area contributed by atoms with Gasteiger partial charge in [0.1, 0.15) is 5.82 Å². The topological polar surface area (TPSA) is 55.0 Å². The van der Waals surface area contributed by atoms with Crippen LogP contribution in [-0.4, -0.2) is 29.0 Å². The van der Waals surface area contributed by atoms with Crippen LogP contribution in [0.2, 0.25) is 0 Å². The highest BCUT2D eigenvalue weighted by atomic mass is 19.3. The van der Waals surface area contributed by atoms with Crippen molar-refractivity contribution in [3.05, 3.63) is 78.5 Å². The molecule has 0 amide bonds. The highest BCUT2D eigenvalue weighted by molar-refractivity contribution is 5.97. The Bertz CT molecular complexity index is 1370. The second kappa shape index (κ2) is 8.38. The number of pyridine rings is 2. The average molecular weight is 471 g/mol. The second-order valence-corrected chi connectivity index (χ2v) is 9.92. The van der Waals surface area contributed by atoms with Gasteiger partial charge >= 0.3 is 0 Å². The summed E-state index contributed by atoms with van der Waals surface area (Å²) in [5, 5.41) is 0.791. The molecule has 1 aliphatic carbocycles. The van der Waals surface area contributed by atoms with E-state index in [0.717, 1.165) is 51.7 Å². The molecule has 0 atom stereocenters. The molecule has 2 aromatic heterocycles. The van der Waals surface area contributed by atoms with Gasteiger partial charge in [-0.05, 0) is 48.9 Å². The molecular formula is C29H28F2N4. The lowest BCUT2D eigenvalue weighted by Crippen LogP contribution is -2.43. The summed E-state index contributed by atoms with van der Waals surface area (Å²) in [6.07, 6.45) is 5.23. The first kappa shape index (κ1) is 22.1. The van der Waals surface area contributed by atoms with E-state index < -0.39 is 5.92 Å². The lowest BCUT2D eigenvalue weighted by Gasteiger charge is -2.38. The van der Waals surface area contributed by atoms with Gasteiger partial charge in [-0.2, -0.15) is 0 Å². The lowest BCUT2D eigenvalue weighted by molar-refractivity contribution is -0.0117. The van der Waals surface area contributed by atoms with Crippen LogP contribution in [0.15, 0.2) is 72.9 Å². The number of anilines is 1. The van der Waals surface area contributed by atoms with Gasteiger partial charge in [0.25, 0.3) is 5.92 Å². The maximum atomic E-state index is 14.2. The summed E-state index contributed by atoms with van der Waals surface area (Å²) in [5.41, 5.74) is 12.1. The van der Waals surface area contributed by atoms with E-state index in [-0.39, 0.29) is 18.5 Å². The van der Waals surface area contributed by atoms with E-state index >= 15 is 0 Å². The van der Waals surface area contributed by atoms with E-state index in [1.54, 1.807) is 11.1 Å². The number of benzene rings is 2. The van der Waals surface area contributed by atoms with Gasteiger partial charge in [0.15, 0.2) is 0 Å². The quantitative estimate of drug-likeness (QED) is 0.368. The minimum absolute atomic E-state index is 0.0774. The predicted molar refractivity (Wildman–Crippen MR) is 137 cm³/mol. The van der Waals surface area contributed by atoms with E-state index in [1.165, 1.54) is 6.42 Å². The van der Waals surface area contributed by atoms with Gasteiger partial charge in [0.2, 0.25) is 0 Å². The highest BCUT2D eigenvalue weighted by Gasteiger charge is 2.36. The first-order valence-electron chi connectivity index (χ1n) is 12.3. The molecule has 0 spiro atoms. The Kier molecular flexibility index (Phi) is 5.29. The molecule has 1 saturated heterocycles. The molecule has 1 aliphatic heterocycles. The Balaban J connectivity index is 1.49. The fourth-order valence-electron chi connectivity index (χ4n) is 5.34. The predicted octanol–water partition coefficient (Wildman–Crippen LogP) is 6.54. The van der Waals surface area contributed by atoms with Crippen LogP contribution in [-0.2, 0) is 5.54 Å². The standard InChI is InChI=1S/C29H28F2N4/c30-29(31)15-5-17-35(19-29)27-24-18-23(20-6-2-1-3-7-20)26(34-25(24)12-16-33-27)21-8-10-22(11-9-21)28(32)13-4-14-28/h1-3,6-12,16,18H,4-5,13-15,17,19,32H2. The van der Waals surface area contributed by atoms with E-state index in [4.69, 9.17) is 10.7 Å². The molecular weight excluding hydrogens is 442 g/mol. The third-order valence-electron chi connectivity index (χ3n) is 7.48. The Morgan fingerprint density at radius 3 is 2.31 bits per heavy atom. The van der Waals surface area contributed by atoms with Crippen LogP contribution >= 0.6 is 0 Å². The van der Waals surface area contributed by atoms with Crippen molar-refractivity contribution in [3.8, 4) is 22.4 Å². The van der Waals surface area contributed by atoms with Crippen molar-refractivity contribution < 1.29 is 8.78 Å². The molecule has 4 aromatic rings. The summed E-state index contributed by atoms with van der Waals surface area (Å²) in [5.74, 6) is -2.14. The Labute approximate surface area is 203 Å². The smallest absolute Gasteiger partial charge is 0.265 e. The number of fused-ring (bicyclic) bond motifs is 1. The van der Waals surface area contributed by atoms with Crippen molar-refractivity contribution in [2.24, 2.45) is 5.73 Å². The number of nitrogens with two attached hydrogens (primary N) is 1. The van der Waals surface area contributed by atoms with Gasteiger partial charge < -0.3 is 10.6 Å². The summed E-state index contributed by atoms with van der Waals surface area (Å²) in [6, 6.07) is 22.4. The number of rotatable bonds is 4. The Morgan fingerprint density at radius 1 is 0.857 bits per heavy atom. The zero-order valence-electron chi connectivity index (χ0n) is 19.6. The number of halogens is 2. The van der Waals surface area contributed by atoms with Crippen molar-refractivity contribution in [1.82, 2.24) is 9.97 Å². The van der Waals surface area contributed by atoms with E-state index in [9.17, 15) is 8.78 Å². The van der Waals surface area contributed by atoms with Crippen LogP contribution in [0, 0.1) is 0 Å². The molecule has 6 rings (SSSR count). The van der Waals surface area contributed by atoms with Crippen molar-refractivity contribution >= 4 is 16.7 Å². The third kappa shape index (κ3) is 4.06. The van der Waals surface area contributed by atoms with Crippen molar-refractivity contribution in [1.29, 1.82) is 0 Å². The summed E-state index contributed by atoms with van der Waals surface area (Å²) in [7, 11) is 0. The molecule has 2 aromatic carbocycles. The van der Waals surface area contributed by atoms with Crippen LogP contribution in [0.3, 0.4) is 0 Å². The molecule has 0 radical (unpaired) electrons. The zero-order chi connectivity index (χ0) is 24.0. The number of piperidine rings is 1. The maximum absolute atomic E-state index is 14.2.